The average Bonchev–Trinajstić information content (AvgIpc) is 2.72. The molecule has 1 saturated heterocycles. The fraction of sp³-hybridized carbons (Fsp3) is 0.650. The van der Waals surface area contributed by atoms with E-state index in [0.29, 0.717) is 44.4 Å². The van der Waals surface area contributed by atoms with E-state index in [2.05, 4.69) is 15.6 Å². The molecule has 1 aliphatic heterocycles. The van der Waals surface area contributed by atoms with Gasteiger partial charge in [-0.2, -0.15) is 8.78 Å². The van der Waals surface area contributed by atoms with Crippen LogP contribution in [0.1, 0.15) is 32.3 Å². The second-order valence-corrected chi connectivity index (χ2v) is 6.60. The van der Waals surface area contributed by atoms with Gasteiger partial charge in [-0.05, 0) is 19.9 Å². The van der Waals surface area contributed by atoms with Crippen molar-refractivity contribution in [2.75, 3.05) is 40.0 Å². The molecule has 1 heterocycles. The Bertz CT molecular complexity index is 659. The van der Waals surface area contributed by atoms with Gasteiger partial charge in [0.25, 0.3) is 0 Å². The van der Waals surface area contributed by atoms with Gasteiger partial charge in [-0.1, -0.05) is 12.1 Å². The summed E-state index contributed by atoms with van der Waals surface area (Å²) in [6, 6.07) is 5.03. The molecular weight excluding hydrogens is 511 g/mol. The van der Waals surface area contributed by atoms with Gasteiger partial charge in [-0.3, -0.25) is 0 Å². The van der Waals surface area contributed by atoms with Crippen LogP contribution in [-0.4, -0.2) is 58.2 Å². The summed E-state index contributed by atoms with van der Waals surface area (Å²) in [6.45, 7) is 3.84. The summed E-state index contributed by atoms with van der Waals surface area (Å²) in [6.07, 6.45) is 1.58. The number of benzene rings is 1. The Morgan fingerprint density at radius 1 is 1.23 bits per heavy atom. The van der Waals surface area contributed by atoms with Crippen LogP contribution in [0.4, 0.5) is 8.78 Å². The molecule has 2 N–H and O–H groups in total. The van der Waals surface area contributed by atoms with Crippen LogP contribution in [-0.2, 0) is 16.0 Å². The summed E-state index contributed by atoms with van der Waals surface area (Å²) in [5.74, 6) is 0.862. The van der Waals surface area contributed by atoms with Gasteiger partial charge in [-0.15, -0.1) is 24.0 Å². The average molecular weight is 543 g/mol. The molecule has 0 bridgehead atoms. The Morgan fingerprint density at radius 3 is 2.57 bits per heavy atom. The fourth-order valence-electron chi connectivity index (χ4n) is 3.13. The predicted octanol–water partition coefficient (Wildman–Crippen LogP) is 3.56. The van der Waals surface area contributed by atoms with E-state index in [1.807, 2.05) is 6.92 Å². The van der Waals surface area contributed by atoms with E-state index in [9.17, 15) is 8.78 Å². The first-order valence-corrected chi connectivity index (χ1v) is 9.88. The molecule has 0 aromatic heterocycles. The summed E-state index contributed by atoms with van der Waals surface area (Å²) in [4.78, 5) is 4.53. The number of nitrogens with zero attached hydrogens (tertiary/aromatic N) is 1. The Hall–Kier alpha value is -1.40. The largest absolute Gasteiger partial charge is 0.490 e. The number of halogens is 3. The van der Waals surface area contributed by atoms with E-state index in [4.69, 9.17) is 18.9 Å². The van der Waals surface area contributed by atoms with E-state index in [1.54, 1.807) is 32.2 Å². The van der Waals surface area contributed by atoms with Gasteiger partial charge in [0.2, 0.25) is 0 Å². The van der Waals surface area contributed by atoms with Gasteiger partial charge in [0.05, 0.1) is 18.8 Å². The number of rotatable bonds is 10. The number of aliphatic imine (C=N–C) groups is 1. The second-order valence-electron chi connectivity index (χ2n) is 6.60. The van der Waals surface area contributed by atoms with Crippen molar-refractivity contribution in [1.82, 2.24) is 10.6 Å². The molecule has 0 unspecified atom stereocenters. The second kappa shape index (κ2) is 13.8. The molecule has 7 nitrogen and oxygen atoms in total. The molecular formula is C20H32F2IN3O4. The van der Waals surface area contributed by atoms with E-state index in [1.165, 1.54) is 0 Å². The third-order valence-corrected chi connectivity index (χ3v) is 4.73. The lowest BCUT2D eigenvalue weighted by Gasteiger charge is -2.36. The normalized spacial score (nSPS) is 16.0. The van der Waals surface area contributed by atoms with Crippen LogP contribution in [0.15, 0.2) is 23.2 Å². The van der Waals surface area contributed by atoms with Crippen molar-refractivity contribution >= 4 is 29.9 Å². The van der Waals surface area contributed by atoms with Crippen molar-refractivity contribution < 1.29 is 27.7 Å². The van der Waals surface area contributed by atoms with Gasteiger partial charge in [0.1, 0.15) is 0 Å². The van der Waals surface area contributed by atoms with Gasteiger partial charge in [-0.25, -0.2) is 4.99 Å². The Labute approximate surface area is 193 Å². The highest BCUT2D eigenvalue weighted by Gasteiger charge is 2.32. The number of hydrogen-bond acceptors (Lipinski definition) is 5. The predicted molar refractivity (Wildman–Crippen MR) is 122 cm³/mol. The molecule has 0 atom stereocenters. The number of methoxy groups -OCH3 is 1. The van der Waals surface area contributed by atoms with Crippen molar-refractivity contribution in [2.24, 2.45) is 4.99 Å². The molecule has 1 fully saturated rings. The van der Waals surface area contributed by atoms with Gasteiger partial charge in [0, 0.05) is 51.8 Å². The van der Waals surface area contributed by atoms with E-state index >= 15 is 0 Å². The van der Waals surface area contributed by atoms with Crippen LogP contribution in [0.3, 0.4) is 0 Å². The third-order valence-electron chi connectivity index (χ3n) is 4.73. The minimum Gasteiger partial charge on any atom is -0.490 e. The fourth-order valence-corrected chi connectivity index (χ4v) is 3.13. The first-order chi connectivity index (χ1) is 14.0. The van der Waals surface area contributed by atoms with Crippen LogP contribution < -0.4 is 20.1 Å². The summed E-state index contributed by atoms with van der Waals surface area (Å²) < 4.78 is 47.1. The molecule has 10 heteroatoms. The van der Waals surface area contributed by atoms with Crippen molar-refractivity contribution in [2.45, 2.75) is 45.4 Å². The van der Waals surface area contributed by atoms with Crippen molar-refractivity contribution in [3.05, 3.63) is 23.8 Å². The molecule has 0 spiro atoms. The van der Waals surface area contributed by atoms with Crippen LogP contribution in [0.25, 0.3) is 0 Å². The quantitative estimate of drug-likeness (QED) is 0.267. The molecule has 172 valence electrons. The molecule has 1 aromatic rings. The lowest BCUT2D eigenvalue weighted by molar-refractivity contribution is -0.0855. The maximum atomic E-state index is 12.9. The summed E-state index contributed by atoms with van der Waals surface area (Å²) in [5.41, 5.74) is 0.203. The molecule has 2 rings (SSSR count). The molecule has 0 amide bonds. The van der Waals surface area contributed by atoms with Gasteiger partial charge >= 0.3 is 6.61 Å². The van der Waals surface area contributed by atoms with Crippen molar-refractivity contribution in [3.63, 3.8) is 0 Å². The zero-order chi connectivity index (χ0) is 21.1. The highest BCUT2D eigenvalue weighted by atomic mass is 127. The minimum atomic E-state index is -2.94. The Morgan fingerprint density at radius 2 is 1.97 bits per heavy atom. The van der Waals surface area contributed by atoms with Gasteiger partial charge in [0.15, 0.2) is 17.5 Å². The van der Waals surface area contributed by atoms with E-state index in [-0.39, 0.29) is 47.6 Å². The monoisotopic (exact) mass is 543 g/mol. The standard InChI is InChI=1S/C20H31F2N3O4.HI/c1-4-23-19(25-14-20(26-3)9-11-27-12-10-20)24-13-15-7-6-8-16(28-5-2)17(15)29-18(21)22;/h6-8,18H,4-5,9-14H2,1-3H3,(H2,23,24,25);1H. The van der Waals surface area contributed by atoms with Crippen molar-refractivity contribution in [1.29, 1.82) is 0 Å². The number of para-hydroxylation sites is 1. The molecule has 30 heavy (non-hydrogen) atoms. The van der Waals surface area contributed by atoms with Crippen LogP contribution >= 0.6 is 24.0 Å². The molecule has 0 radical (unpaired) electrons. The van der Waals surface area contributed by atoms with E-state index in [0.717, 1.165) is 12.8 Å². The maximum absolute atomic E-state index is 12.9. The number of alkyl halides is 2. The molecule has 0 saturated carbocycles. The summed E-state index contributed by atoms with van der Waals surface area (Å²) in [5, 5.41) is 6.46. The minimum absolute atomic E-state index is 0. The summed E-state index contributed by atoms with van der Waals surface area (Å²) >= 11 is 0. The van der Waals surface area contributed by atoms with Gasteiger partial charge < -0.3 is 29.6 Å². The Kier molecular flexibility index (Phi) is 12.3. The number of nitrogens with one attached hydrogen (secondary N) is 2. The van der Waals surface area contributed by atoms with Crippen molar-refractivity contribution in [3.8, 4) is 11.5 Å². The number of hydrogen-bond donors (Lipinski definition) is 2. The Balaban J connectivity index is 0.00000450. The van der Waals surface area contributed by atoms with Crippen LogP contribution in [0.5, 0.6) is 11.5 Å². The summed E-state index contributed by atoms with van der Waals surface area (Å²) in [7, 11) is 1.70. The third kappa shape index (κ3) is 8.03. The smallest absolute Gasteiger partial charge is 0.387 e. The first-order valence-electron chi connectivity index (χ1n) is 9.88. The first kappa shape index (κ1) is 26.6. The lowest BCUT2D eigenvalue weighted by atomic mass is 9.94. The highest BCUT2D eigenvalue weighted by Crippen LogP contribution is 2.33. The highest BCUT2D eigenvalue weighted by molar-refractivity contribution is 14.0. The van der Waals surface area contributed by atoms with Crippen LogP contribution in [0.2, 0.25) is 0 Å². The SMILES string of the molecule is CCNC(=NCc1cccc(OCC)c1OC(F)F)NCC1(OC)CCOCC1.I. The number of guanidine groups is 1. The zero-order valence-corrected chi connectivity index (χ0v) is 20.0. The number of ether oxygens (including phenoxy) is 4. The molecule has 1 aliphatic rings. The zero-order valence-electron chi connectivity index (χ0n) is 17.7. The molecule has 0 aliphatic carbocycles. The van der Waals surface area contributed by atoms with E-state index < -0.39 is 6.61 Å². The van der Waals surface area contributed by atoms with Crippen LogP contribution in [0, 0.1) is 0 Å². The molecule has 1 aromatic carbocycles. The lowest BCUT2D eigenvalue weighted by Crippen LogP contribution is -2.50. The topological polar surface area (TPSA) is 73.3 Å². The maximum Gasteiger partial charge on any atom is 0.387 e.